The van der Waals surface area contributed by atoms with Crippen LogP contribution in [0.3, 0.4) is 0 Å². The smallest absolute Gasteiger partial charge is 0.362 e. The first-order valence-electron chi connectivity index (χ1n) is 7.38. The molecule has 0 spiro atoms. The van der Waals surface area contributed by atoms with Crippen LogP contribution in [0.25, 0.3) is 0 Å². The van der Waals surface area contributed by atoms with Gasteiger partial charge in [-0.05, 0) is 49.7 Å². The fraction of sp³-hybridized carbons (Fsp3) is 0.167. The molecule has 0 saturated heterocycles. The first-order valence-corrected chi connectivity index (χ1v) is 8.13. The molecule has 0 unspecified atom stereocenters. The lowest BCUT2D eigenvalue weighted by Gasteiger charge is -2.40. The maximum atomic E-state index is 12.9. The van der Waals surface area contributed by atoms with Gasteiger partial charge in [-0.15, -0.1) is 5.06 Å². The van der Waals surface area contributed by atoms with Crippen molar-refractivity contribution in [2.24, 2.45) is 0 Å². The molecule has 2 aromatic carbocycles. The van der Waals surface area contributed by atoms with Gasteiger partial charge >= 0.3 is 6.03 Å². The molecular weight excluding hydrogens is 347 g/mol. The molecule has 1 aliphatic heterocycles. The number of urea groups is 1. The Balaban J connectivity index is 1.97. The van der Waals surface area contributed by atoms with Crippen molar-refractivity contribution in [2.45, 2.75) is 19.4 Å². The van der Waals surface area contributed by atoms with Crippen molar-refractivity contribution < 1.29 is 9.63 Å². The molecule has 1 aliphatic rings. The number of carbonyl (C=O) groups excluding carboxylic acids is 1. The van der Waals surface area contributed by atoms with Crippen LogP contribution in [0, 0.1) is 0 Å². The molecule has 24 heavy (non-hydrogen) atoms. The Labute approximate surface area is 150 Å². The minimum atomic E-state index is -0.668. The summed E-state index contributed by atoms with van der Waals surface area (Å²) in [6, 6.07) is 14.1. The summed E-state index contributed by atoms with van der Waals surface area (Å²) in [7, 11) is 0. The Morgan fingerprint density at radius 1 is 1.00 bits per heavy atom. The zero-order valence-electron chi connectivity index (χ0n) is 13.2. The van der Waals surface area contributed by atoms with Crippen LogP contribution < -0.4 is 5.06 Å². The molecule has 0 radical (unpaired) electrons. The van der Waals surface area contributed by atoms with Gasteiger partial charge in [-0.25, -0.2) is 4.79 Å². The van der Waals surface area contributed by atoms with Crippen molar-refractivity contribution in [3.05, 3.63) is 76.6 Å². The zero-order chi connectivity index (χ0) is 17.3. The molecule has 4 nitrogen and oxygen atoms in total. The van der Waals surface area contributed by atoms with Crippen molar-refractivity contribution in [2.75, 3.05) is 5.06 Å². The average Bonchev–Trinajstić information content (AvgIpc) is 2.55. The van der Waals surface area contributed by atoms with Crippen LogP contribution in [-0.2, 0) is 10.4 Å². The zero-order valence-corrected chi connectivity index (χ0v) is 14.8. The van der Waals surface area contributed by atoms with E-state index in [1.54, 1.807) is 41.4 Å². The van der Waals surface area contributed by atoms with Gasteiger partial charge in [0.1, 0.15) is 6.26 Å². The fourth-order valence-electron chi connectivity index (χ4n) is 2.56. The van der Waals surface area contributed by atoms with Crippen LogP contribution in [0.1, 0.15) is 19.4 Å². The van der Waals surface area contributed by atoms with Gasteiger partial charge in [0.05, 0.1) is 11.2 Å². The molecule has 0 aromatic heterocycles. The van der Waals surface area contributed by atoms with E-state index in [1.807, 2.05) is 32.0 Å². The van der Waals surface area contributed by atoms with E-state index in [0.717, 1.165) is 5.56 Å². The van der Waals surface area contributed by atoms with E-state index in [9.17, 15) is 4.79 Å². The molecule has 3 rings (SSSR count). The van der Waals surface area contributed by atoms with Crippen LogP contribution in [0.4, 0.5) is 10.5 Å². The van der Waals surface area contributed by atoms with Crippen LogP contribution in [0.2, 0.25) is 10.0 Å². The lowest BCUT2D eigenvalue weighted by atomic mass is 9.92. The maximum absolute atomic E-state index is 12.9. The summed E-state index contributed by atoms with van der Waals surface area (Å²) in [5.41, 5.74) is 0.809. The fourth-order valence-corrected chi connectivity index (χ4v) is 3.09. The molecule has 124 valence electrons. The highest BCUT2D eigenvalue weighted by Gasteiger charge is 2.37. The van der Waals surface area contributed by atoms with E-state index in [0.29, 0.717) is 15.7 Å². The molecule has 0 N–H and O–H groups in total. The average molecular weight is 363 g/mol. The van der Waals surface area contributed by atoms with Gasteiger partial charge in [0, 0.05) is 16.2 Å². The van der Waals surface area contributed by atoms with Crippen molar-refractivity contribution in [3.63, 3.8) is 0 Å². The topological polar surface area (TPSA) is 32.8 Å². The third-order valence-corrected chi connectivity index (χ3v) is 4.35. The second-order valence-electron chi connectivity index (χ2n) is 5.89. The van der Waals surface area contributed by atoms with Crippen molar-refractivity contribution in [3.8, 4) is 0 Å². The van der Waals surface area contributed by atoms with Gasteiger partial charge in [-0.1, -0.05) is 41.4 Å². The van der Waals surface area contributed by atoms with Gasteiger partial charge in [0.25, 0.3) is 0 Å². The van der Waals surface area contributed by atoms with E-state index >= 15 is 0 Å². The highest BCUT2D eigenvalue weighted by molar-refractivity contribution is 6.34. The molecule has 0 aliphatic carbocycles. The summed E-state index contributed by atoms with van der Waals surface area (Å²) in [5.74, 6) is 0. The van der Waals surface area contributed by atoms with Gasteiger partial charge in [-0.3, -0.25) is 4.90 Å². The molecule has 2 amide bonds. The summed E-state index contributed by atoms with van der Waals surface area (Å²) in [6.45, 7) is 3.84. The Morgan fingerprint density at radius 3 is 2.25 bits per heavy atom. The lowest BCUT2D eigenvalue weighted by molar-refractivity contribution is 0.116. The first kappa shape index (κ1) is 16.7. The third-order valence-electron chi connectivity index (χ3n) is 3.92. The number of halogens is 2. The molecule has 0 atom stereocenters. The van der Waals surface area contributed by atoms with Gasteiger partial charge in [-0.2, -0.15) is 0 Å². The number of hydroxylamine groups is 1. The number of anilines is 1. The Bertz CT molecular complexity index is 771. The Morgan fingerprint density at radius 2 is 1.62 bits per heavy atom. The van der Waals surface area contributed by atoms with E-state index < -0.39 is 5.54 Å². The Hall–Kier alpha value is -2.17. The number of nitrogens with zero attached hydrogens (tertiary/aromatic N) is 2. The predicted octanol–water partition coefficient (Wildman–Crippen LogP) is 5.57. The summed E-state index contributed by atoms with van der Waals surface area (Å²) >= 11 is 12.2. The third kappa shape index (κ3) is 3.07. The van der Waals surface area contributed by atoms with Crippen molar-refractivity contribution >= 4 is 34.9 Å². The maximum Gasteiger partial charge on any atom is 0.362 e. The molecule has 0 fully saturated rings. The van der Waals surface area contributed by atoms with Crippen molar-refractivity contribution in [1.29, 1.82) is 0 Å². The number of carbonyl (C=O) groups is 1. The highest BCUT2D eigenvalue weighted by Crippen LogP contribution is 2.35. The van der Waals surface area contributed by atoms with E-state index in [4.69, 9.17) is 28.0 Å². The molecule has 0 bridgehead atoms. The molecule has 0 saturated carbocycles. The SMILES string of the molecule is CC(C)(c1cc(Cl)cc(Cl)c1)N1C=CON(c2ccccc2)C1=O. The summed E-state index contributed by atoms with van der Waals surface area (Å²) in [4.78, 5) is 19.9. The van der Waals surface area contributed by atoms with Crippen molar-refractivity contribution in [1.82, 2.24) is 4.90 Å². The highest BCUT2D eigenvalue weighted by atomic mass is 35.5. The Kier molecular flexibility index (Phi) is 4.43. The molecule has 1 heterocycles. The normalized spacial score (nSPS) is 14.8. The van der Waals surface area contributed by atoms with Crippen LogP contribution in [-0.4, -0.2) is 10.9 Å². The lowest BCUT2D eigenvalue weighted by Crippen LogP contribution is -2.50. The number of para-hydroxylation sites is 1. The predicted molar refractivity (Wildman–Crippen MR) is 95.9 cm³/mol. The molecule has 2 aromatic rings. The summed E-state index contributed by atoms with van der Waals surface area (Å²) < 4.78 is 0. The quantitative estimate of drug-likeness (QED) is 0.714. The van der Waals surface area contributed by atoms with Gasteiger partial charge in [0.2, 0.25) is 0 Å². The molecular formula is C18H16Cl2N2O2. The van der Waals surface area contributed by atoms with Crippen LogP contribution in [0.15, 0.2) is 61.0 Å². The van der Waals surface area contributed by atoms with Gasteiger partial charge in [0.15, 0.2) is 0 Å². The number of hydrogen-bond donors (Lipinski definition) is 0. The second kappa shape index (κ2) is 6.38. The second-order valence-corrected chi connectivity index (χ2v) is 6.76. The van der Waals surface area contributed by atoms with Crippen LogP contribution >= 0.6 is 23.2 Å². The summed E-state index contributed by atoms with van der Waals surface area (Å²) in [5, 5.41) is 2.29. The number of benzene rings is 2. The van der Waals surface area contributed by atoms with Gasteiger partial charge < -0.3 is 4.84 Å². The molecule has 6 heteroatoms. The monoisotopic (exact) mass is 362 g/mol. The number of hydrogen-bond acceptors (Lipinski definition) is 2. The van der Waals surface area contributed by atoms with E-state index in [2.05, 4.69) is 0 Å². The number of rotatable bonds is 3. The van der Waals surface area contributed by atoms with Crippen LogP contribution in [0.5, 0.6) is 0 Å². The van der Waals surface area contributed by atoms with E-state index in [-0.39, 0.29) is 6.03 Å². The minimum Gasteiger partial charge on any atom is -0.377 e. The largest absolute Gasteiger partial charge is 0.377 e. The standard InChI is InChI=1S/C18H16Cl2N2O2/c1-18(2,13-10-14(19)12-15(20)11-13)21-8-9-24-22(17(21)23)16-6-4-3-5-7-16/h3-12H,1-2H3. The summed E-state index contributed by atoms with van der Waals surface area (Å²) in [6.07, 6.45) is 3.08. The first-order chi connectivity index (χ1) is 11.4. The van der Waals surface area contributed by atoms with E-state index in [1.165, 1.54) is 11.3 Å². The number of amides is 2. The minimum absolute atomic E-state index is 0.301.